The zero-order valence-electron chi connectivity index (χ0n) is 15.7. The number of esters is 1. The van der Waals surface area contributed by atoms with Crippen molar-refractivity contribution in [1.82, 2.24) is 0 Å². The van der Waals surface area contributed by atoms with Crippen LogP contribution in [0.4, 0.5) is 0 Å². The van der Waals surface area contributed by atoms with E-state index in [-0.39, 0.29) is 18.5 Å². The number of hydrogen-bond donors (Lipinski definition) is 1. The van der Waals surface area contributed by atoms with Crippen LogP contribution in [-0.2, 0) is 9.53 Å². The second-order valence-electron chi connectivity index (χ2n) is 6.96. The van der Waals surface area contributed by atoms with E-state index in [2.05, 4.69) is 6.92 Å². The molecule has 0 radical (unpaired) electrons. The normalized spacial score (nSPS) is 12.3. The molecule has 1 atom stereocenters. The van der Waals surface area contributed by atoms with Crippen molar-refractivity contribution >= 4 is 5.97 Å². The molecule has 0 aromatic heterocycles. The molecule has 1 N–H and O–H groups in total. The van der Waals surface area contributed by atoms with Crippen molar-refractivity contribution in [1.29, 1.82) is 0 Å². The minimum absolute atomic E-state index is 0.0468. The number of unbranched alkanes of at least 4 members (excludes halogenated alkanes) is 12. The van der Waals surface area contributed by atoms with E-state index in [1.165, 1.54) is 70.6 Å². The smallest absolute Gasteiger partial charge is 0.305 e. The molecule has 0 saturated heterocycles. The summed E-state index contributed by atoms with van der Waals surface area (Å²) in [5.74, 6) is -0.0704. The Labute approximate surface area is 144 Å². The van der Waals surface area contributed by atoms with E-state index >= 15 is 0 Å². The van der Waals surface area contributed by atoms with Gasteiger partial charge in [0.2, 0.25) is 0 Å². The Balaban J connectivity index is 3.14. The standard InChI is InChI=1S/C20H40O3/c1-3-4-5-6-7-8-9-10-11-12-13-14-15-16-20(22)23-18-19(2)17-21/h19,21H,3-18H2,1-2H3. The third-order valence-electron chi connectivity index (χ3n) is 4.32. The predicted molar refractivity (Wildman–Crippen MR) is 97.5 cm³/mol. The summed E-state index contributed by atoms with van der Waals surface area (Å²) >= 11 is 0. The summed E-state index contributed by atoms with van der Waals surface area (Å²) in [5, 5.41) is 8.86. The molecule has 0 saturated carbocycles. The van der Waals surface area contributed by atoms with E-state index in [0.29, 0.717) is 13.0 Å². The third-order valence-corrected chi connectivity index (χ3v) is 4.32. The first-order valence-electron chi connectivity index (χ1n) is 9.97. The average Bonchev–Trinajstić information content (AvgIpc) is 2.56. The summed E-state index contributed by atoms with van der Waals surface area (Å²) in [4.78, 5) is 11.5. The minimum atomic E-state index is -0.117. The highest BCUT2D eigenvalue weighted by Gasteiger charge is 2.06. The van der Waals surface area contributed by atoms with Gasteiger partial charge in [0, 0.05) is 18.9 Å². The molecule has 3 nitrogen and oxygen atoms in total. The van der Waals surface area contributed by atoms with Crippen LogP contribution in [-0.4, -0.2) is 24.3 Å². The molecule has 0 aliphatic carbocycles. The summed E-state index contributed by atoms with van der Waals surface area (Å²) in [5.41, 5.74) is 0. The second kappa shape index (κ2) is 17.8. The molecule has 0 bridgehead atoms. The number of hydrogen-bond acceptors (Lipinski definition) is 3. The van der Waals surface area contributed by atoms with Crippen molar-refractivity contribution in [2.75, 3.05) is 13.2 Å². The SMILES string of the molecule is CCCCCCCCCCCCCCCC(=O)OCC(C)CO. The van der Waals surface area contributed by atoms with E-state index in [4.69, 9.17) is 9.84 Å². The molecule has 3 heteroatoms. The molecular weight excluding hydrogens is 288 g/mol. The summed E-state index contributed by atoms with van der Waals surface area (Å²) in [6.45, 7) is 4.55. The van der Waals surface area contributed by atoms with E-state index < -0.39 is 0 Å². The summed E-state index contributed by atoms with van der Waals surface area (Å²) in [6, 6.07) is 0. The average molecular weight is 329 g/mol. The lowest BCUT2D eigenvalue weighted by atomic mass is 10.0. The Hall–Kier alpha value is -0.570. The van der Waals surface area contributed by atoms with E-state index in [1.807, 2.05) is 6.92 Å². The first kappa shape index (κ1) is 22.4. The van der Waals surface area contributed by atoms with Crippen molar-refractivity contribution in [3.63, 3.8) is 0 Å². The minimum Gasteiger partial charge on any atom is -0.465 e. The molecule has 0 aliphatic heterocycles. The highest BCUT2D eigenvalue weighted by molar-refractivity contribution is 5.69. The van der Waals surface area contributed by atoms with Gasteiger partial charge < -0.3 is 9.84 Å². The van der Waals surface area contributed by atoms with Crippen LogP contribution in [0, 0.1) is 5.92 Å². The van der Waals surface area contributed by atoms with Crippen LogP contribution in [0.2, 0.25) is 0 Å². The van der Waals surface area contributed by atoms with Crippen LogP contribution in [0.1, 0.15) is 104 Å². The van der Waals surface area contributed by atoms with E-state index in [1.54, 1.807) is 0 Å². The van der Waals surface area contributed by atoms with Crippen LogP contribution in [0.3, 0.4) is 0 Å². The summed E-state index contributed by atoms with van der Waals surface area (Å²) in [6.07, 6.45) is 17.6. The summed E-state index contributed by atoms with van der Waals surface area (Å²) < 4.78 is 5.10. The van der Waals surface area contributed by atoms with Gasteiger partial charge in [-0.1, -0.05) is 90.9 Å². The van der Waals surface area contributed by atoms with Crippen molar-refractivity contribution < 1.29 is 14.6 Å². The Morgan fingerprint density at radius 2 is 1.26 bits per heavy atom. The monoisotopic (exact) mass is 328 g/mol. The lowest BCUT2D eigenvalue weighted by molar-refractivity contribution is -0.145. The lowest BCUT2D eigenvalue weighted by Crippen LogP contribution is -2.14. The summed E-state index contributed by atoms with van der Waals surface area (Å²) in [7, 11) is 0. The molecule has 0 aliphatic rings. The first-order valence-corrected chi connectivity index (χ1v) is 9.97. The van der Waals surface area contributed by atoms with Gasteiger partial charge in [0.05, 0.1) is 6.61 Å². The second-order valence-corrected chi connectivity index (χ2v) is 6.96. The maximum atomic E-state index is 11.5. The first-order chi connectivity index (χ1) is 11.2. The highest BCUT2D eigenvalue weighted by Crippen LogP contribution is 2.13. The van der Waals surface area contributed by atoms with Crippen molar-refractivity contribution in [2.24, 2.45) is 5.92 Å². The van der Waals surface area contributed by atoms with Crippen molar-refractivity contribution in [3.05, 3.63) is 0 Å². The molecule has 0 amide bonds. The topological polar surface area (TPSA) is 46.5 Å². The van der Waals surface area contributed by atoms with E-state index in [0.717, 1.165) is 12.8 Å². The van der Waals surface area contributed by atoms with Gasteiger partial charge in [0.15, 0.2) is 0 Å². The maximum Gasteiger partial charge on any atom is 0.305 e. The number of rotatable bonds is 17. The van der Waals surface area contributed by atoms with Crippen molar-refractivity contribution in [2.45, 2.75) is 104 Å². The third kappa shape index (κ3) is 17.6. The fraction of sp³-hybridized carbons (Fsp3) is 0.950. The molecule has 0 heterocycles. The van der Waals surface area contributed by atoms with Gasteiger partial charge in [-0.25, -0.2) is 0 Å². The van der Waals surface area contributed by atoms with Crippen LogP contribution in [0.5, 0.6) is 0 Å². The van der Waals surface area contributed by atoms with Crippen LogP contribution < -0.4 is 0 Å². The van der Waals surface area contributed by atoms with E-state index in [9.17, 15) is 4.79 Å². The van der Waals surface area contributed by atoms with Crippen LogP contribution >= 0.6 is 0 Å². The van der Waals surface area contributed by atoms with Gasteiger partial charge >= 0.3 is 5.97 Å². The molecule has 0 aromatic rings. The zero-order valence-corrected chi connectivity index (χ0v) is 15.7. The number of carbonyl (C=O) groups excluding carboxylic acids is 1. The molecule has 0 aromatic carbocycles. The Morgan fingerprint density at radius 3 is 1.70 bits per heavy atom. The van der Waals surface area contributed by atoms with Crippen LogP contribution in [0.15, 0.2) is 0 Å². The van der Waals surface area contributed by atoms with Gasteiger partial charge in [-0.05, 0) is 6.42 Å². The molecule has 0 fully saturated rings. The van der Waals surface area contributed by atoms with Gasteiger partial charge in [-0.2, -0.15) is 0 Å². The molecule has 0 spiro atoms. The lowest BCUT2D eigenvalue weighted by Gasteiger charge is -2.08. The number of aliphatic hydroxyl groups excluding tert-OH is 1. The van der Waals surface area contributed by atoms with Gasteiger partial charge in [0.25, 0.3) is 0 Å². The fourth-order valence-electron chi connectivity index (χ4n) is 2.65. The quantitative estimate of drug-likeness (QED) is 0.278. The zero-order chi connectivity index (χ0) is 17.2. The largest absolute Gasteiger partial charge is 0.465 e. The molecule has 1 unspecified atom stereocenters. The maximum absolute atomic E-state index is 11.5. The predicted octanol–water partition coefficient (Wildman–Crippen LogP) is 5.64. The number of aliphatic hydroxyl groups is 1. The van der Waals surface area contributed by atoms with Crippen molar-refractivity contribution in [3.8, 4) is 0 Å². The fourth-order valence-corrected chi connectivity index (χ4v) is 2.65. The Morgan fingerprint density at radius 1 is 0.826 bits per heavy atom. The van der Waals surface area contributed by atoms with Gasteiger partial charge in [-0.15, -0.1) is 0 Å². The van der Waals surface area contributed by atoms with Gasteiger partial charge in [0.1, 0.15) is 0 Å². The number of carbonyl (C=O) groups is 1. The highest BCUT2D eigenvalue weighted by atomic mass is 16.5. The molecule has 0 rings (SSSR count). The Bertz CT molecular complexity index is 253. The molecule has 23 heavy (non-hydrogen) atoms. The molecular formula is C20H40O3. The number of ether oxygens (including phenoxy) is 1. The van der Waals surface area contributed by atoms with Crippen LogP contribution in [0.25, 0.3) is 0 Å². The Kier molecular flexibility index (Phi) is 17.3. The molecule has 138 valence electrons. The van der Waals surface area contributed by atoms with Gasteiger partial charge in [-0.3, -0.25) is 4.79 Å².